The van der Waals surface area contributed by atoms with Crippen LogP contribution in [0.3, 0.4) is 0 Å². The molecule has 0 aromatic heterocycles. The highest BCUT2D eigenvalue weighted by Gasteiger charge is 2.22. The molecule has 6 nitrogen and oxygen atoms in total. The third-order valence-corrected chi connectivity index (χ3v) is 3.34. The van der Waals surface area contributed by atoms with Crippen molar-refractivity contribution in [3.8, 4) is 6.07 Å². The number of nitrogens with one attached hydrogen (secondary N) is 1. The first kappa shape index (κ1) is 15.4. The van der Waals surface area contributed by atoms with Gasteiger partial charge in [0, 0.05) is 39.6 Å². The number of rotatable bonds is 5. The Morgan fingerprint density at radius 1 is 1.42 bits per heavy atom. The second-order valence-corrected chi connectivity index (χ2v) is 4.97. The van der Waals surface area contributed by atoms with E-state index in [0.29, 0.717) is 19.5 Å². The van der Waals surface area contributed by atoms with Gasteiger partial charge in [0.05, 0.1) is 19.0 Å². The van der Waals surface area contributed by atoms with Gasteiger partial charge in [0.2, 0.25) is 11.8 Å². The largest absolute Gasteiger partial charge is 0.354 e. The lowest BCUT2D eigenvalue weighted by Crippen LogP contribution is -2.47. The van der Waals surface area contributed by atoms with Crippen LogP contribution in [0.4, 0.5) is 0 Å². The van der Waals surface area contributed by atoms with E-state index >= 15 is 0 Å². The summed E-state index contributed by atoms with van der Waals surface area (Å²) < 4.78 is 0. The lowest BCUT2D eigenvalue weighted by molar-refractivity contribution is -0.131. The zero-order chi connectivity index (χ0) is 14.3. The van der Waals surface area contributed by atoms with Crippen LogP contribution in [-0.2, 0) is 9.59 Å². The first-order valence-corrected chi connectivity index (χ1v) is 6.63. The molecule has 19 heavy (non-hydrogen) atoms. The maximum atomic E-state index is 11.9. The topological polar surface area (TPSA) is 76.4 Å². The highest BCUT2D eigenvalue weighted by molar-refractivity contribution is 5.78. The lowest BCUT2D eigenvalue weighted by atomic mass is 10.1. The Morgan fingerprint density at radius 3 is 2.58 bits per heavy atom. The molecule has 0 atom stereocenters. The van der Waals surface area contributed by atoms with Crippen LogP contribution in [0.5, 0.6) is 0 Å². The molecule has 0 bridgehead atoms. The number of nitrogens with zero attached hydrogens (tertiary/aromatic N) is 3. The SMILES string of the molecule is CC(=O)NC1CCN(CC(=O)N(C)CCC#N)CC1. The number of carbonyl (C=O) groups is 2. The van der Waals surface area contributed by atoms with Gasteiger partial charge in [-0.05, 0) is 12.8 Å². The zero-order valence-corrected chi connectivity index (χ0v) is 11.7. The molecule has 0 aromatic rings. The van der Waals surface area contributed by atoms with Crippen molar-refractivity contribution in [2.75, 3.05) is 33.2 Å². The van der Waals surface area contributed by atoms with E-state index in [1.54, 1.807) is 11.9 Å². The van der Waals surface area contributed by atoms with Gasteiger partial charge in [-0.3, -0.25) is 14.5 Å². The van der Waals surface area contributed by atoms with Crippen molar-refractivity contribution in [2.24, 2.45) is 0 Å². The van der Waals surface area contributed by atoms with Crippen LogP contribution < -0.4 is 5.32 Å². The van der Waals surface area contributed by atoms with Crippen molar-refractivity contribution in [2.45, 2.75) is 32.2 Å². The maximum absolute atomic E-state index is 11.9. The van der Waals surface area contributed by atoms with Gasteiger partial charge in [0.1, 0.15) is 0 Å². The van der Waals surface area contributed by atoms with Gasteiger partial charge in [0.15, 0.2) is 0 Å². The van der Waals surface area contributed by atoms with E-state index in [1.165, 1.54) is 6.92 Å². The van der Waals surface area contributed by atoms with Crippen LogP contribution in [0.1, 0.15) is 26.2 Å². The standard InChI is InChI=1S/C13H22N4O2/c1-11(18)15-12-4-8-17(9-5-12)10-13(19)16(2)7-3-6-14/h12H,3-5,7-10H2,1-2H3,(H,15,18). The molecule has 1 heterocycles. The van der Waals surface area contributed by atoms with Crippen LogP contribution in [0, 0.1) is 11.3 Å². The molecule has 0 aromatic carbocycles. The predicted molar refractivity (Wildman–Crippen MR) is 71.1 cm³/mol. The first-order valence-electron chi connectivity index (χ1n) is 6.63. The third kappa shape index (κ3) is 5.71. The molecule has 1 aliphatic heterocycles. The van der Waals surface area contributed by atoms with Gasteiger partial charge in [-0.1, -0.05) is 0 Å². The zero-order valence-electron chi connectivity index (χ0n) is 11.7. The van der Waals surface area contributed by atoms with E-state index in [2.05, 4.69) is 10.2 Å². The summed E-state index contributed by atoms with van der Waals surface area (Å²) in [5.41, 5.74) is 0. The fourth-order valence-corrected chi connectivity index (χ4v) is 2.18. The smallest absolute Gasteiger partial charge is 0.236 e. The summed E-state index contributed by atoms with van der Waals surface area (Å²) in [6.45, 7) is 4.05. The number of likely N-dealkylation sites (N-methyl/N-ethyl adjacent to an activating group) is 1. The normalized spacial score (nSPS) is 16.7. The van der Waals surface area contributed by atoms with Gasteiger partial charge in [-0.2, -0.15) is 5.26 Å². The van der Waals surface area contributed by atoms with E-state index in [9.17, 15) is 9.59 Å². The molecule has 0 radical (unpaired) electrons. The number of hydrogen-bond donors (Lipinski definition) is 1. The van der Waals surface area contributed by atoms with E-state index in [0.717, 1.165) is 25.9 Å². The van der Waals surface area contributed by atoms with Gasteiger partial charge in [-0.15, -0.1) is 0 Å². The Hall–Kier alpha value is -1.61. The summed E-state index contributed by atoms with van der Waals surface area (Å²) in [5.74, 6) is 0.0546. The summed E-state index contributed by atoms with van der Waals surface area (Å²) in [7, 11) is 1.73. The van der Waals surface area contributed by atoms with E-state index < -0.39 is 0 Å². The average molecular weight is 266 g/mol. The average Bonchev–Trinajstić information content (AvgIpc) is 2.37. The van der Waals surface area contributed by atoms with Crippen molar-refractivity contribution in [1.29, 1.82) is 5.26 Å². The van der Waals surface area contributed by atoms with Crippen molar-refractivity contribution >= 4 is 11.8 Å². The van der Waals surface area contributed by atoms with Crippen LogP contribution in [-0.4, -0.2) is 60.9 Å². The Kier molecular flexibility index (Phi) is 6.30. The molecule has 0 unspecified atom stereocenters. The molecule has 2 amide bonds. The summed E-state index contributed by atoms with van der Waals surface area (Å²) in [6, 6.07) is 2.27. The summed E-state index contributed by atoms with van der Waals surface area (Å²) >= 11 is 0. The van der Waals surface area contributed by atoms with Crippen molar-refractivity contribution in [1.82, 2.24) is 15.1 Å². The molecule has 6 heteroatoms. The Balaban J connectivity index is 2.27. The highest BCUT2D eigenvalue weighted by Crippen LogP contribution is 2.10. The van der Waals surface area contributed by atoms with Crippen LogP contribution in [0.2, 0.25) is 0 Å². The molecule has 1 saturated heterocycles. The van der Waals surface area contributed by atoms with Crippen LogP contribution in [0.25, 0.3) is 0 Å². The Labute approximate surface area is 114 Å². The van der Waals surface area contributed by atoms with Crippen LogP contribution >= 0.6 is 0 Å². The van der Waals surface area contributed by atoms with Gasteiger partial charge in [-0.25, -0.2) is 0 Å². The number of piperidine rings is 1. The number of carbonyl (C=O) groups excluding carboxylic acids is 2. The molecule has 106 valence electrons. The molecule has 1 N–H and O–H groups in total. The number of likely N-dealkylation sites (tertiary alicyclic amines) is 1. The van der Waals surface area contributed by atoms with E-state index in [1.807, 2.05) is 6.07 Å². The van der Waals surface area contributed by atoms with Crippen molar-refractivity contribution < 1.29 is 9.59 Å². The molecular weight excluding hydrogens is 244 g/mol. The third-order valence-electron chi connectivity index (χ3n) is 3.34. The maximum Gasteiger partial charge on any atom is 0.236 e. The van der Waals surface area contributed by atoms with Gasteiger partial charge < -0.3 is 10.2 Å². The molecule has 1 rings (SSSR count). The summed E-state index contributed by atoms with van der Waals surface area (Å²) in [5, 5.41) is 11.4. The Bertz CT molecular complexity index is 356. The molecule has 0 aliphatic carbocycles. The lowest BCUT2D eigenvalue weighted by Gasteiger charge is -2.32. The van der Waals surface area contributed by atoms with Crippen molar-refractivity contribution in [3.63, 3.8) is 0 Å². The van der Waals surface area contributed by atoms with Gasteiger partial charge in [0.25, 0.3) is 0 Å². The molecular formula is C13H22N4O2. The van der Waals surface area contributed by atoms with Gasteiger partial charge >= 0.3 is 0 Å². The minimum atomic E-state index is 0.00534. The number of amides is 2. The van der Waals surface area contributed by atoms with Crippen LogP contribution in [0.15, 0.2) is 0 Å². The fraction of sp³-hybridized carbons (Fsp3) is 0.769. The minimum Gasteiger partial charge on any atom is -0.354 e. The quantitative estimate of drug-likeness (QED) is 0.757. The highest BCUT2D eigenvalue weighted by atomic mass is 16.2. The molecule has 1 aliphatic rings. The monoisotopic (exact) mass is 266 g/mol. The van der Waals surface area contributed by atoms with Crippen molar-refractivity contribution in [3.05, 3.63) is 0 Å². The molecule has 0 spiro atoms. The summed E-state index contributed by atoms with van der Waals surface area (Å²) in [4.78, 5) is 26.5. The minimum absolute atomic E-state index is 0.00534. The Morgan fingerprint density at radius 2 is 2.05 bits per heavy atom. The molecule has 0 saturated carbocycles. The number of nitriles is 1. The second-order valence-electron chi connectivity index (χ2n) is 4.97. The number of hydrogen-bond acceptors (Lipinski definition) is 4. The second kappa shape index (κ2) is 7.74. The summed E-state index contributed by atoms with van der Waals surface area (Å²) in [6.07, 6.45) is 2.14. The molecule has 1 fully saturated rings. The van der Waals surface area contributed by atoms with E-state index in [4.69, 9.17) is 5.26 Å². The predicted octanol–water partition coefficient (Wildman–Crippen LogP) is -0.0410. The fourth-order valence-electron chi connectivity index (χ4n) is 2.18. The first-order chi connectivity index (χ1) is 9.02. The van der Waals surface area contributed by atoms with E-state index in [-0.39, 0.29) is 17.9 Å².